The van der Waals surface area contributed by atoms with Gasteiger partial charge in [-0.05, 0) is 6.08 Å². The van der Waals surface area contributed by atoms with Crippen LogP contribution in [0.3, 0.4) is 0 Å². The molecular weight excluding hydrogens is 104 g/mol. The fourth-order valence-corrected chi connectivity index (χ4v) is 0.262. The average molecular weight is 114 g/mol. The van der Waals surface area contributed by atoms with Gasteiger partial charge in [0.05, 0.1) is 19.5 Å². The van der Waals surface area contributed by atoms with Crippen molar-refractivity contribution in [1.29, 1.82) is 0 Å². The maximum absolute atomic E-state index is 8.08. The fraction of sp³-hybridized carbons (Fsp3) is 0.333. The van der Waals surface area contributed by atoms with Crippen molar-refractivity contribution in [3.63, 3.8) is 0 Å². The second-order valence-corrected chi connectivity index (χ2v) is 1.21. The lowest BCUT2D eigenvalue weighted by Gasteiger charge is -1.90. The third-order valence-corrected chi connectivity index (χ3v) is 0.555. The molecule has 2 heteroatoms. The molecule has 1 N–H and O–H groups in total. The zero-order valence-electron chi connectivity index (χ0n) is 4.71. The highest BCUT2D eigenvalue weighted by Gasteiger charge is 1.73. The summed E-state index contributed by atoms with van der Waals surface area (Å²) in [4.78, 5) is 0. The van der Waals surface area contributed by atoms with E-state index in [9.17, 15) is 0 Å². The normalized spacial score (nSPS) is 10.0. The molecule has 0 unspecified atom stereocenters. The molecule has 0 aliphatic rings. The Labute approximate surface area is 49.1 Å². The van der Waals surface area contributed by atoms with Gasteiger partial charge in [0.25, 0.3) is 0 Å². The van der Waals surface area contributed by atoms with E-state index in [-0.39, 0.29) is 0 Å². The Morgan fingerprint density at radius 3 is 2.75 bits per heavy atom. The zero-order valence-corrected chi connectivity index (χ0v) is 4.71. The van der Waals surface area contributed by atoms with Crippen LogP contribution in [-0.4, -0.2) is 18.3 Å². The molecule has 0 bridgehead atoms. The second kappa shape index (κ2) is 6.24. The van der Waals surface area contributed by atoms with E-state index < -0.39 is 0 Å². The molecule has 0 rings (SSSR count). The van der Waals surface area contributed by atoms with Crippen molar-refractivity contribution >= 4 is 0 Å². The molecule has 0 fully saturated rings. The summed E-state index contributed by atoms with van der Waals surface area (Å²) in [5, 5.41) is 8.08. The van der Waals surface area contributed by atoms with Crippen LogP contribution in [0.5, 0.6) is 0 Å². The third kappa shape index (κ3) is 5.24. The van der Waals surface area contributed by atoms with E-state index >= 15 is 0 Å². The van der Waals surface area contributed by atoms with Gasteiger partial charge in [0.15, 0.2) is 0 Å². The van der Waals surface area contributed by atoms with Crippen molar-refractivity contribution in [2.75, 3.05) is 13.2 Å². The van der Waals surface area contributed by atoms with Gasteiger partial charge in [0.2, 0.25) is 0 Å². The Hall–Kier alpha value is -0.760. The molecule has 0 aromatic carbocycles. The topological polar surface area (TPSA) is 29.5 Å². The number of ether oxygens (including phenoxy) is 1. The summed E-state index contributed by atoms with van der Waals surface area (Å²) >= 11 is 0. The zero-order chi connectivity index (χ0) is 6.24. The summed E-state index contributed by atoms with van der Waals surface area (Å²) in [6.45, 7) is 4.43. The Kier molecular flexibility index (Phi) is 5.65. The molecule has 0 amide bonds. The van der Waals surface area contributed by atoms with Gasteiger partial charge < -0.3 is 9.84 Å². The van der Waals surface area contributed by atoms with E-state index in [0.717, 1.165) is 6.26 Å². The number of hydrogen-bond donors (Lipinski definition) is 1. The highest BCUT2D eigenvalue weighted by Crippen LogP contribution is 1.74. The lowest BCUT2D eigenvalue weighted by Crippen LogP contribution is -1.88. The maximum Gasteiger partial charge on any atom is 0.0774 e. The van der Waals surface area contributed by atoms with Crippen LogP contribution >= 0.6 is 0 Å². The van der Waals surface area contributed by atoms with Crippen LogP contribution in [-0.2, 0) is 4.74 Å². The first-order chi connectivity index (χ1) is 3.91. The SMILES string of the molecule is C=CCOCC=CO. The van der Waals surface area contributed by atoms with Crippen molar-refractivity contribution in [2.24, 2.45) is 0 Å². The lowest BCUT2D eigenvalue weighted by atomic mass is 10.6. The molecule has 0 saturated carbocycles. The van der Waals surface area contributed by atoms with Crippen LogP contribution < -0.4 is 0 Å². The van der Waals surface area contributed by atoms with Gasteiger partial charge in [-0.25, -0.2) is 0 Å². The fourth-order valence-electron chi connectivity index (χ4n) is 0.262. The predicted octanol–water partition coefficient (Wildman–Crippen LogP) is 1.26. The van der Waals surface area contributed by atoms with Crippen molar-refractivity contribution in [1.82, 2.24) is 0 Å². The van der Waals surface area contributed by atoms with Crippen molar-refractivity contribution in [3.05, 3.63) is 25.0 Å². The van der Waals surface area contributed by atoms with E-state index in [2.05, 4.69) is 6.58 Å². The van der Waals surface area contributed by atoms with Gasteiger partial charge >= 0.3 is 0 Å². The molecule has 0 aromatic rings. The van der Waals surface area contributed by atoms with Gasteiger partial charge in [0.1, 0.15) is 0 Å². The molecule has 46 valence electrons. The summed E-state index contributed by atoms with van der Waals surface area (Å²) in [6.07, 6.45) is 4.14. The Morgan fingerprint density at radius 2 is 2.25 bits per heavy atom. The molecule has 2 nitrogen and oxygen atoms in total. The lowest BCUT2D eigenvalue weighted by molar-refractivity contribution is 0.192. The first kappa shape index (κ1) is 7.24. The van der Waals surface area contributed by atoms with Crippen LogP contribution in [0.15, 0.2) is 25.0 Å². The van der Waals surface area contributed by atoms with Crippen LogP contribution in [0.2, 0.25) is 0 Å². The van der Waals surface area contributed by atoms with Crippen LogP contribution in [0.1, 0.15) is 0 Å². The minimum Gasteiger partial charge on any atom is -0.516 e. The summed E-state index contributed by atoms with van der Waals surface area (Å²) in [5.41, 5.74) is 0. The summed E-state index contributed by atoms with van der Waals surface area (Å²) in [7, 11) is 0. The van der Waals surface area contributed by atoms with E-state index in [1.54, 1.807) is 6.08 Å². The first-order valence-electron chi connectivity index (χ1n) is 2.39. The summed E-state index contributed by atoms with van der Waals surface area (Å²) in [5.74, 6) is 0. The quantitative estimate of drug-likeness (QED) is 0.338. The van der Waals surface area contributed by atoms with E-state index in [4.69, 9.17) is 9.84 Å². The Morgan fingerprint density at radius 1 is 1.50 bits per heavy atom. The Bertz CT molecular complexity index is 76.6. The number of rotatable bonds is 4. The minimum absolute atomic E-state index is 0.447. The molecule has 0 spiro atoms. The molecule has 0 heterocycles. The van der Waals surface area contributed by atoms with Gasteiger partial charge in [0, 0.05) is 0 Å². The monoisotopic (exact) mass is 114 g/mol. The standard InChI is InChI=1S/C6H10O2/c1-2-5-8-6-3-4-7/h2-4,7H,1,5-6H2. The smallest absolute Gasteiger partial charge is 0.0774 e. The number of aliphatic hydroxyl groups is 1. The summed E-state index contributed by atoms with van der Waals surface area (Å²) < 4.78 is 4.86. The van der Waals surface area contributed by atoms with E-state index in [0.29, 0.717) is 13.2 Å². The van der Waals surface area contributed by atoms with Gasteiger partial charge in [-0.3, -0.25) is 0 Å². The van der Waals surface area contributed by atoms with Crippen LogP contribution in [0.4, 0.5) is 0 Å². The highest BCUT2D eigenvalue weighted by molar-refractivity contribution is 4.72. The van der Waals surface area contributed by atoms with Crippen molar-refractivity contribution < 1.29 is 9.84 Å². The molecular formula is C6H10O2. The molecule has 0 aliphatic carbocycles. The summed E-state index contributed by atoms with van der Waals surface area (Å²) in [6, 6.07) is 0. The molecule has 0 atom stereocenters. The van der Waals surface area contributed by atoms with Gasteiger partial charge in [-0.1, -0.05) is 6.08 Å². The molecule has 0 aromatic heterocycles. The average Bonchev–Trinajstić information content (AvgIpc) is 1.81. The largest absolute Gasteiger partial charge is 0.516 e. The number of aliphatic hydroxyl groups excluding tert-OH is 1. The van der Waals surface area contributed by atoms with Crippen LogP contribution in [0.25, 0.3) is 0 Å². The second-order valence-electron chi connectivity index (χ2n) is 1.21. The molecule has 0 saturated heterocycles. The molecule has 8 heavy (non-hydrogen) atoms. The highest BCUT2D eigenvalue weighted by atomic mass is 16.5. The maximum atomic E-state index is 8.08. The van der Waals surface area contributed by atoms with Gasteiger partial charge in [-0.15, -0.1) is 6.58 Å². The third-order valence-electron chi connectivity index (χ3n) is 0.555. The van der Waals surface area contributed by atoms with E-state index in [1.807, 2.05) is 0 Å². The Balaban J connectivity index is 2.82. The predicted molar refractivity (Wildman–Crippen MR) is 32.8 cm³/mol. The molecule has 0 radical (unpaired) electrons. The van der Waals surface area contributed by atoms with Crippen molar-refractivity contribution in [2.45, 2.75) is 0 Å². The van der Waals surface area contributed by atoms with E-state index in [1.165, 1.54) is 6.08 Å². The number of hydrogen-bond acceptors (Lipinski definition) is 2. The van der Waals surface area contributed by atoms with Crippen LogP contribution in [0, 0.1) is 0 Å². The minimum atomic E-state index is 0.447. The first-order valence-corrected chi connectivity index (χ1v) is 2.39. The van der Waals surface area contributed by atoms with Gasteiger partial charge in [-0.2, -0.15) is 0 Å². The van der Waals surface area contributed by atoms with Crippen molar-refractivity contribution in [3.8, 4) is 0 Å². The molecule has 0 aliphatic heterocycles.